The zero-order valence-electron chi connectivity index (χ0n) is 23.7. The normalized spacial score (nSPS) is 15.2. The van der Waals surface area contributed by atoms with Crippen molar-refractivity contribution in [2.24, 2.45) is 11.3 Å². The highest BCUT2D eigenvalue weighted by Crippen LogP contribution is 2.39. The molecule has 0 aliphatic heterocycles. The number of hydrogen-bond acceptors (Lipinski definition) is 1. The molecule has 0 bridgehead atoms. The van der Waals surface area contributed by atoms with Gasteiger partial charge >= 0.3 is 0 Å². The molecule has 0 radical (unpaired) electrons. The van der Waals surface area contributed by atoms with Crippen LogP contribution in [0.1, 0.15) is 80.3 Å². The number of carbonyl (C=O) groups excluding carboxylic acids is 1. The number of hydrogen-bond donors (Lipinski definition) is 0. The molecule has 0 saturated heterocycles. The Morgan fingerprint density at radius 3 is 1.90 bits per heavy atom. The van der Waals surface area contributed by atoms with Crippen LogP contribution in [0.4, 0.5) is 0 Å². The Kier molecular flexibility index (Phi) is 8.77. The molecule has 4 aromatic carbocycles. The molecule has 0 amide bonds. The molecule has 5 rings (SSSR count). The maximum Gasteiger partial charge on any atom is 0.162 e. The van der Waals surface area contributed by atoms with Crippen LogP contribution in [0.15, 0.2) is 103 Å². The molecule has 200 valence electrons. The number of ketones is 1. The van der Waals surface area contributed by atoms with Crippen LogP contribution in [0.5, 0.6) is 0 Å². The van der Waals surface area contributed by atoms with Crippen molar-refractivity contribution in [1.29, 1.82) is 0 Å². The molecule has 1 nitrogen and oxygen atoms in total. The SMILES string of the molecule is CC1(C)CCC(CCc2ccc(-c3cccc(C(=O)CCCc4ccc(-c5ccccc5)cc4)c3)cc2)CC1. The minimum atomic E-state index is 0.227. The minimum absolute atomic E-state index is 0.227. The lowest BCUT2D eigenvalue weighted by Crippen LogP contribution is -2.21. The van der Waals surface area contributed by atoms with E-state index in [-0.39, 0.29) is 5.78 Å². The van der Waals surface area contributed by atoms with Crippen LogP contribution >= 0.6 is 0 Å². The summed E-state index contributed by atoms with van der Waals surface area (Å²) in [4.78, 5) is 13.0. The lowest BCUT2D eigenvalue weighted by Gasteiger charge is -2.34. The summed E-state index contributed by atoms with van der Waals surface area (Å²) < 4.78 is 0. The van der Waals surface area contributed by atoms with Crippen LogP contribution in [0, 0.1) is 11.3 Å². The molecule has 0 aromatic heterocycles. The van der Waals surface area contributed by atoms with E-state index < -0.39 is 0 Å². The summed E-state index contributed by atoms with van der Waals surface area (Å²) in [6.45, 7) is 4.83. The van der Waals surface area contributed by atoms with Gasteiger partial charge in [-0.15, -0.1) is 0 Å². The van der Waals surface area contributed by atoms with Crippen molar-refractivity contribution in [2.75, 3.05) is 0 Å². The maximum atomic E-state index is 13.0. The summed E-state index contributed by atoms with van der Waals surface area (Å²) in [7, 11) is 0. The number of rotatable bonds is 10. The zero-order valence-corrected chi connectivity index (χ0v) is 23.7. The molecule has 4 aromatic rings. The minimum Gasteiger partial charge on any atom is -0.294 e. The van der Waals surface area contributed by atoms with Gasteiger partial charge in [0.2, 0.25) is 0 Å². The Morgan fingerprint density at radius 2 is 1.23 bits per heavy atom. The van der Waals surface area contributed by atoms with Crippen LogP contribution in [0.2, 0.25) is 0 Å². The van der Waals surface area contributed by atoms with E-state index in [0.717, 1.165) is 29.9 Å². The van der Waals surface area contributed by atoms with Gasteiger partial charge in [-0.3, -0.25) is 4.79 Å². The average Bonchev–Trinajstić information content (AvgIpc) is 2.98. The third-order valence-electron chi connectivity index (χ3n) is 8.70. The van der Waals surface area contributed by atoms with Gasteiger partial charge in [-0.05, 0) is 102 Å². The third kappa shape index (κ3) is 7.57. The van der Waals surface area contributed by atoms with Crippen molar-refractivity contribution in [3.8, 4) is 22.3 Å². The second kappa shape index (κ2) is 12.6. The van der Waals surface area contributed by atoms with Crippen LogP contribution in [0.3, 0.4) is 0 Å². The largest absolute Gasteiger partial charge is 0.294 e. The Bertz CT molecular complexity index is 1340. The smallest absolute Gasteiger partial charge is 0.162 e. The first-order chi connectivity index (χ1) is 18.9. The number of carbonyl (C=O) groups is 1. The van der Waals surface area contributed by atoms with Gasteiger partial charge in [0.15, 0.2) is 5.78 Å². The fourth-order valence-corrected chi connectivity index (χ4v) is 5.95. The lowest BCUT2D eigenvalue weighted by molar-refractivity contribution is 0.0980. The van der Waals surface area contributed by atoms with Crippen molar-refractivity contribution in [1.82, 2.24) is 0 Å². The van der Waals surface area contributed by atoms with E-state index in [0.29, 0.717) is 11.8 Å². The summed E-state index contributed by atoms with van der Waals surface area (Å²) in [6, 6.07) is 36.3. The van der Waals surface area contributed by atoms with Crippen molar-refractivity contribution in [3.63, 3.8) is 0 Å². The van der Waals surface area contributed by atoms with Crippen molar-refractivity contribution >= 4 is 5.78 Å². The molecule has 1 heteroatoms. The van der Waals surface area contributed by atoms with Gasteiger partial charge in [-0.2, -0.15) is 0 Å². The fraction of sp³-hybridized carbons (Fsp3) is 0.342. The van der Waals surface area contributed by atoms with Crippen LogP contribution < -0.4 is 0 Å². The van der Waals surface area contributed by atoms with E-state index in [1.54, 1.807) is 0 Å². The molecular formula is C38H42O. The summed E-state index contributed by atoms with van der Waals surface area (Å²) in [5, 5.41) is 0. The Morgan fingerprint density at radius 1 is 0.667 bits per heavy atom. The third-order valence-corrected chi connectivity index (χ3v) is 8.70. The fourth-order valence-electron chi connectivity index (χ4n) is 5.95. The average molecular weight is 515 g/mol. The van der Waals surface area contributed by atoms with E-state index in [1.807, 2.05) is 18.2 Å². The van der Waals surface area contributed by atoms with E-state index in [1.165, 1.54) is 66.3 Å². The second-order valence-electron chi connectivity index (χ2n) is 12.3. The number of benzene rings is 4. The van der Waals surface area contributed by atoms with E-state index >= 15 is 0 Å². The van der Waals surface area contributed by atoms with Gasteiger partial charge in [0.1, 0.15) is 0 Å². The topological polar surface area (TPSA) is 17.1 Å². The van der Waals surface area contributed by atoms with Crippen LogP contribution in [-0.4, -0.2) is 5.78 Å². The van der Waals surface area contributed by atoms with E-state index in [4.69, 9.17) is 0 Å². The molecular weight excluding hydrogens is 472 g/mol. The monoisotopic (exact) mass is 514 g/mol. The Hall–Kier alpha value is -3.45. The Balaban J connectivity index is 1.11. The molecule has 1 fully saturated rings. The van der Waals surface area contributed by atoms with Gasteiger partial charge in [0, 0.05) is 12.0 Å². The molecule has 39 heavy (non-hydrogen) atoms. The van der Waals surface area contributed by atoms with Gasteiger partial charge in [0.25, 0.3) is 0 Å². The number of Topliss-reactive ketones (excluding diaryl/α,β-unsaturated/α-hetero) is 1. The lowest BCUT2D eigenvalue weighted by atomic mass is 9.72. The molecule has 1 saturated carbocycles. The highest BCUT2D eigenvalue weighted by atomic mass is 16.1. The van der Waals surface area contributed by atoms with Crippen LogP contribution in [0.25, 0.3) is 22.3 Å². The number of aryl methyl sites for hydroxylation is 2. The second-order valence-corrected chi connectivity index (χ2v) is 12.3. The van der Waals surface area contributed by atoms with Crippen molar-refractivity contribution < 1.29 is 4.79 Å². The maximum absolute atomic E-state index is 13.0. The first-order valence-electron chi connectivity index (χ1n) is 14.8. The molecule has 0 heterocycles. The molecule has 1 aliphatic carbocycles. The summed E-state index contributed by atoms with van der Waals surface area (Å²) in [5.74, 6) is 1.11. The van der Waals surface area contributed by atoms with Gasteiger partial charge in [0.05, 0.1) is 0 Å². The highest BCUT2D eigenvalue weighted by Gasteiger charge is 2.26. The quantitative estimate of drug-likeness (QED) is 0.192. The zero-order chi connectivity index (χ0) is 27.1. The first-order valence-corrected chi connectivity index (χ1v) is 14.8. The van der Waals surface area contributed by atoms with E-state index in [9.17, 15) is 4.79 Å². The summed E-state index contributed by atoms with van der Waals surface area (Å²) >= 11 is 0. The molecule has 0 unspecified atom stereocenters. The first kappa shape index (κ1) is 27.1. The summed E-state index contributed by atoms with van der Waals surface area (Å²) in [6.07, 6.45) is 10.3. The van der Waals surface area contributed by atoms with Gasteiger partial charge in [-0.25, -0.2) is 0 Å². The molecule has 0 spiro atoms. The Labute approximate surface area is 235 Å². The summed E-state index contributed by atoms with van der Waals surface area (Å²) in [5.41, 5.74) is 8.84. The predicted molar refractivity (Wildman–Crippen MR) is 165 cm³/mol. The predicted octanol–water partition coefficient (Wildman–Crippen LogP) is 10.4. The molecule has 0 N–H and O–H groups in total. The van der Waals surface area contributed by atoms with Gasteiger partial charge in [-0.1, -0.05) is 111 Å². The molecule has 0 atom stereocenters. The standard InChI is InChI=1S/C38H42O/c1-38(2)26-24-31(25-27-38)15-14-30-18-22-34(23-19-30)35-11-7-12-36(28-35)37(39)13-6-8-29-16-20-33(21-17-29)32-9-4-3-5-10-32/h3-5,7,9-12,16-23,28,31H,6,8,13-15,24-27H2,1-2H3. The van der Waals surface area contributed by atoms with Crippen LogP contribution in [-0.2, 0) is 12.8 Å². The van der Waals surface area contributed by atoms with Crippen molar-refractivity contribution in [3.05, 3.63) is 120 Å². The highest BCUT2D eigenvalue weighted by molar-refractivity contribution is 5.97. The van der Waals surface area contributed by atoms with Gasteiger partial charge < -0.3 is 0 Å². The molecule has 1 aliphatic rings. The van der Waals surface area contributed by atoms with E-state index in [2.05, 4.69) is 98.8 Å². The van der Waals surface area contributed by atoms with Crippen molar-refractivity contribution in [2.45, 2.75) is 71.6 Å².